The van der Waals surface area contributed by atoms with Crippen LogP contribution in [0.4, 0.5) is 0 Å². The average molecular weight is 360 g/mol. The third kappa shape index (κ3) is 4.29. The van der Waals surface area contributed by atoms with E-state index in [0.717, 1.165) is 32.5 Å². The minimum absolute atomic E-state index is 0.0514. The van der Waals surface area contributed by atoms with Crippen molar-refractivity contribution < 1.29 is 14.8 Å². The first-order chi connectivity index (χ1) is 12.2. The summed E-state index contributed by atoms with van der Waals surface area (Å²) < 4.78 is 5.07. The number of carbonyl (C=O) groups is 1. The lowest BCUT2D eigenvalue weighted by molar-refractivity contribution is -0.645. The molecule has 134 valence electrons. The minimum Gasteiger partial charge on any atom is -0.384 e. The van der Waals surface area contributed by atoms with Crippen LogP contribution in [0.1, 0.15) is 34.0 Å². The fourth-order valence-corrected chi connectivity index (χ4v) is 4.31. The Morgan fingerprint density at radius 2 is 2.12 bits per heavy atom. The van der Waals surface area contributed by atoms with Gasteiger partial charge in [-0.1, -0.05) is 29.8 Å². The van der Waals surface area contributed by atoms with Crippen LogP contribution in [0.15, 0.2) is 35.7 Å². The monoisotopic (exact) mass is 359 g/mol. The number of nitrogens with two attached hydrogens (primary N) is 1. The molecule has 2 heterocycles. The van der Waals surface area contributed by atoms with Crippen LogP contribution in [0.5, 0.6) is 0 Å². The van der Waals surface area contributed by atoms with Crippen molar-refractivity contribution in [3.63, 3.8) is 0 Å². The molecule has 2 N–H and O–H groups in total. The fourth-order valence-electron chi connectivity index (χ4n) is 3.41. The van der Waals surface area contributed by atoms with Crippen molar-refractivity contribution in [2.45, 2.75) is 25.8 Å². The number of quaternary nitrogens is 1. The molecule has 0 saturated carbocycles. The molecule has 0 aliphatic carbocycles. The Labute approximate surface area is 153 Å². The van der Waals surface area contributed by atoms with Gasteiger partial charge in [0.15, 0.2) is 6.54 Å². The first kappa shape index (κ1) is 18.1. The number of benzene rings is 1. The summed E-state index contributed by atoms with van der Waals surface area (Å²) in [6.45, 7) is 5.08. The molecule has 0 bridgehead atoms. The van der Waals surface area contributed by atoms with Gasteiger partial charge >= 0.3 is 0 Å². The number of methoxy groups -OCH3 is 1. The zero-order chi connectivity index (χ0) is 17.6. The molecule has 0 unspecified atom stereocenters. The van der Waals surface area contributed by atoms with E-state index in [9.17, 15) is 4.79 Å². The van der Waals surface area contributed by atoms with Gasteiger partial charge in [-0.25, -0.2) is 0 Å². The number of hydrogen-bond donors (Lipinski definition) is 1. The molecule has 5 heteroatoms. The normalized spacial score (nSPS) is 16.7. The summed E-state index contributed by atoms with van der Waals surface area (Å²) in [6.07, 6.45) is 1.94. The van der Waals surface area contributed by atoms with Gasteiger partial charge in [-0.15, -0.1) is 11.3 Å². The smallest absolute Gasteiger partial charge is 0.278 e. The molecule has 1 aliphatic rings. The second kappa shape index (κ2) is 8.61. The zero-order valence-electron chi connectivity index (χ0n) is 15.0. The lowest BCUT2D eigenvalue weighted by atomic mass is 9.92. The molecule has 0 fully saturated rings. The van der Waals surface area contributed by atoms with Crippen molar-refractivity contribution in [1.29, 1.82) is 0 Å². The van der Waals surface area contributed by atoms with Crippen LogP contribution in [0, 0.1) is 6.92 Å². The van der Waals surface area contributed by atoms with Gasteiger partial charge in [-0.2, -0.15) is 0 Å². The summed E-state index contributed by atoms with van der Waals surface area (Å²) in [6, 6.07) is 10.8. The predicted octanol–water partition coefficient (Wildman–Crippen LogP) is 2.13. The van der Waals surface area contributed by atoms with E-state index in [4.69, 9.17) is 4.74 Å². The van der Waals surface area contributed by atoms with Crippen LogP contribution in [0.25, 0.3) is 0 Å². The van der Waals surface area contributed by atoms with Crippen molar-refractivity contribution in [3.05, 3.63) is 57.3 Å². The van der Waals surface area contributed by atoms with Crippen molar-refractivity contribution in [3.8, 4) is 0 Å². The predicted molar refractivity (Wildman–Crippen MR) is 101 cm³/mol. The number of amides is 1. The highest BCUT2D eigenvalue weighted by atomic mass is 32.1. The Kier molecular flexibility index (Phi) is 6.24. The fraction of sp³-hybridized carbons (Fsp3) is 0.450. The third-order valence-electron chi connectivity index (χ3n) is 4.76. The second-order valence-corrected chi connectivity index (χ2v) is 7.58. The van der Waals surface area contributed by atoms with Crippen molar-refractivity contribution in [2.24, 2.45) is 0 Å². The van der Waals surface area contributed by atoms with E-state index < -0.39 is 0 Å². The van der Waals surface area contributed by atoms with Gasteiger partial charge in [-0.3, -0.25) is 4.79 Å². The van der Waals surface area contributed by atoms with E-state index >= 15 is 0 Å². The molecule has 1 aromatic heterocycles. The van der Waals surface area contributed by atoms with Crippen LogP contribution in [-0.2, 0) is 16.0 Å². The first-order valence-electron chi connectivity index (χ1n) is 8.93. The number of thiophene rings is 1. The molecule has 25 heavy (non-hydrogen) atoms. The van der Waals surface area contributed by atoms with E-state index in [2.05, 4.69) is 52.9 Å². The van der Waals surface area contributed by atoms with Gasteiger partial charge in [0.25, 0.3) is 5.91 Å². The maximum absolute atomic E-state index is 12.9. The minimum atomic E-state index is 0.0514. The Balaban J connectivity index is 1.75. The van der Waals surface area contributed by atoms with Crippen molar-refractivity contribution >= 4 is 17.2 Å². The van der Waals surface area contributed by atoms with Gasteiger partial charge in [-0.05, 0) is 35.9 Å². The number of ether oxygens (including phenoxy) is 1. The summed E-state index contributed by atoms with van der Waals surface area (Å²) >= 11 is 1.81. The van der Waals surface area contributed by atoms with Gasteiger partial charge in [0.2, 0.25) is 0 Å². The zero-order valence-corrected chi connectivity index (χ0v) is 15.8. The van der Waals surface area contributed by atoms with Crippen LogP contribution < -0.4 is 5.32 Å². The van der Waals surface area contributed by atoms with Crippen molar-refractivity contribution in [1.82, 2.24) is 4.90 Å². The summed E-state index contributed by atoms with van der Waals surface area (Å²) in [4.78, 5) is 16.4. The lowest BCUT2D eigenvalue weighted by Crippen LogP contribution is -2.87. The quantitative estimate of drug-likeness (QED) is 0.770. The van der Waals surface area contributed by atoms with E-state index in [1.54, 1.807) is 7.11 Å². The molecule has 0 saturated heterocycles. The average Bonchev–Trinajstić information content (AvgIpc) is 3.10. The van der Waals surface area contributed by atoms with Gasteiger partial charge in [0.05, 0.1) is 19.2 Å². The highest BCUT2D eigenvalue weighted by Crippen LogP contribution is 2.37. The van der Waals surface area contributed by atoms with Crippen LogP contribution in [0.2, 0.25) is 0 Å². The number of fused-ring (bicyclic) bond motifs is 1. The molecule has 1 atom stereocenters. The van der Waals surface area contributed by atoms with Crippen LogP contribution >= 0.6 is 11.3 Å². The van der Waals surface area contributed by atoms with Gasteiger partial charge in [0, 0.05) is 25.0 Å². The maximum atomic E-state index is 12.9. The molecule has 1 aliphatic heterocycles. The maximum Gasteiger partial charge on any atom is 0.278 e. The Bertz CT molecular complexity index is 696. The van der Waals surface area contributed by atoms with E-state index in [-0.39, 0.29) is 11.9 Å². The lowest BCUT2D eigenvalue weighted by Gasteiger charge is -2.36. The summed E-state index contributed by atoms with van der Waals surface area (Å²) in [7, 11) is 1.71. The number of nitrogens with zero attached hydrogens (tertiary/aromatic N) is 1. The topological polar surface area (TPSA) is 46.1 Å². The van der Waals surface area contributed by atoms with E-state index in [1.165, 1.54) is 21.6 Å². The molecular weight excluding hydrogens is 332 g/mol. The van der Waals surface area contributed by atoms with E-state index in [1.807, 2.05) is 11.3 Å². The van der Waals surface area contributed by atoms with Gasteiger partial charge in [0.1, 0.15) is 0 Å². The highest BCUT2D eigenvalue weighted by molar-refractivity contribution is 7.10. The van der Waals surface area contributed by atoms with Gasteiger partial charge < -0.3 is 15.0 Å². The molecule has 1 aromatic carbocycles. The summed E-state index contributed by atoms with van der Waals surface area (Å²) in [5.74, 6) is 0.222. The molecular formula is C20H27N2O2S+. The number of carbonyl (C=O) groups excluding carboxylic acids is 1. The molecule has 4 nitrogen and oxygen atoms in total. The van der Waals surface area contributed by atoms with Crippen LogP contribution in [0.3, 0.4) is 0 Å². The SMILES string of the molecule is COCCC[NH2+]CC(=O)N1CCc2sccc2[C@H]1c1ccc(C)cc1. The molecule has 1 amide bonds. The molecule has 2 aromatic rings. The standard InChI is InChI=1S/C20H26N2O2S/c1-15-4-6-16(7-5-15)20-17-9-13-25-18(17)8-11-22(20)19(23)14-21-10-3-12-24-2/h4-7,9,13,20-21H,3,8,10-12,14H2,1-2H3/p+1/t20-/m1/s1. The Morgan fingerprint density at radius 3 is 2.88 bits per heavy atom. The highest BCUT2D eigenvalue weighted by Gasteiger charge is 2.33. The first-order valence-corrected chi connectivity index (χ1v) is 9.81. The molecule has 3 rings (SSSR count). The Hall–Kier alpha value is -1.69. The third-order valence-corrected chi connectivity index (χ3v) is 5.75. The number of aryl methyl sites for hydroxylation is 1. The van der Waals surface area contributed by atoms with E-state index in [0.29, 0.717) is 6.54 Å². The number of hydrogen-bond acceptors (Lipinski definition) is 3. The summed E-state index contributed by atoms with van der Waals surface area (Å²) in [5.41, 5.74) is 3.75. The second-order valence-electron chi connectivity index (χ2n) is 6.58. The summed E-state index contributed by atoms with van der Waals surface area (Å²) in [5, 5.41) is 4.24. The van der Waals surface area contributed by atoms with Crippen LogP contribution in [-0.4, -0.2) is 44.2 Å². The molecule has 0 radical (unpaired) electrons. The number of rotatable bonds is 7. The Morgan fingerprint density at radius 1 is 1.32 bits per heavy atom. The molecule has 0 spiro atoms. The van der Waals surface area contributed by atoms with Crippen molar-refractivity contribution in [2.75, 3.05) is 33.4 Å². The largest absolute Gasteiger partial charge is 0.384 e.